The summed E-state index contributed by atoms with van der Waals surface area (Å²) in [5.74, 6) is 0.662. The Morgan fingerprint density at radius 1 is 1.59 bits per heavy atom. The Kier molecular flexibility index (Phi) is 6.40. The number of methoxy groups -OCH3 is 1. The molecule has 0 atom stereocenters. The summed E-state index contributed by atoms with van der Waals surface area (Å²) < 4.78 is 5.04. The van der Waals surface area contributed by atoms with Crippen molar-refractivity contribution in [3.63, 3.8) is 0 Å². The third-order valence-corrected chi connectivity index (χ3v) is 1.88. The Morgan fingerprint density at radius 2 is 2.18 bits per heavy atom. The molecule has 0 aromatic heterocycles. The predicted octanol–water partition coefficient (Wildman–Crippen LogP) is 1.75. The fourth-order valence-corrected chi connectivity index (χ4v) is 1.15. The van der Waals surface area contributed by atoms with Gasteiger partial charge in [-0.15, -0.1) is 0 Å². The molecule has 0 radical (unpaired) electrons. The van der Waals surface area contributed by atoms with E-state index in [4.69, 9.17) is 10.5 Å². The summed E-state index contributed by atoms with van der Waals surface area (Å²) in [6, 6.07) is 0. The minimum atomic E-state index is -0.175. The zero-order valence-electron chi connectivity index (χ0n) is 10.7. The summed E-state index contributed by atoms with van der Waals surface area (Å²) in [6.45, 7) is 9.02. The first-order valence-electron chi connectivity index (χ1n) is 5.32. The number of hydrogen-bond acceptors (Lipinski definition) is 5. The molecule has 17 heavy (non-hydrogen) atoms. The number of nitrogens with zero attached hydrogens (tertiary/aromatic N) is 2. The molecule has 0 bridgehead atoms. The van der Waals surface area contributed by atoms with Gasteiger partial charge in [-0.2, -0.15) is 0 Å². The highest BCUT2D eigenvalue weighted by molar-refractivity contribution is 6.45. The minimum absolute atomic E-state index is 0.175. The first-order chi connectivity index (χ1) is 8.13. The van der Waals surface area contributed by atoms with Crippen LogP contribution in [0, 0.1) is 0 Å². The van der Waals surface area contributed by atoms with Crippen molar-refractivity contribution in [1.82, 2.24) is 4.90 Å². The van der Waals surface area contributed by atoms with Crippen LogP contribution >= 0.6 is 0 Å². The maximum absolute atomic E-state index is 11.3. The molecular weight excluding hydrogens is 218 g/mol. The molecule has 0 amide bonds. The number of ether oxygens (including phenoxy) is 1. The van der Waals surface area contributed by atoms with E-state index in [1.165, 1.54) is 26.4 Å². The number of nitrogens with two attached hydrogens (primary N) is 1. The highest BCUT2D eigenvalue weighted by Gasteiger charge is 2.21. The van der Waals surface area contributed by atoms with E-state index in [1.54, 1.807) is 11.1 Å². The van der Waals surface area contributed by atoms with Gasteiger partial charge in [-0.05, 0) is 0 Å². The van der Waals surface area contributed by atoms with E-state index in [0.29, 0.717) is 11.6 Å². The van der Waals surface area contributed by atoms with Gasteiger partial charge in [-0.25, -0.2) is 4.99 Å². The molecule has 1 heterocycles. The molecule has 1 aliphatic heterocycles. The standard InChI is InChI=1S/C10H13N3O2.C2H6/c1-4-13-6-8(15-3)10(7(2)14)12-9(13)5-11;1-2/h4-6H,1,11H2,2-3H3;1-2H3/b9-5-;. The number of Topliss-reactive ketones (excluding diaryl/α,β-unsaturated/α-hetero) is 1. The fraction of sp³-hybridized carbons (Fsp3) is 0.333. The summed E-state index contributed by atoms with van der Waals surface area (Å²) in [4.78, 5) is 16.9. The van der Waals surface area contributed by atoms with Gasteiger partial charge >= 0.3 is 0 Å². The lowest BCUT2D eigenvalue weighted by atomic mass is 10.2. The topological polar surface area (TPSA) is 67.9 Å². The number of allylic oxidation sites excluding steroid dienone is 1. The number of ketones is 1. The van der Waals surface area contributed by atoms with Crippen LogP contribution in [0.25, 0.3) is 0 Å². The molecule has 1 rings (SSSR count). The smallest absolute Gasteiger partial charge is 0.182 e. The molecule has 0 aliphatic carbocycles. The SMILES string of the molecule is C=CN1C=C(OC)C(C(C)=O)=N/C1=C/N.CC. The number of aliphatic imine (C=N–C) groups is 1. The van der Waals surface area contributed by atoms with Gasteiger partial charge in [-0.3, -0.25) is 4.79 Å². The number of rotatable bonds is 3. The van der Waals surface area contributed by atoms with Crippen LogP contribution < -0.4 is 5.73 Å². The van der Waals surface area contributed by atoms with Gasteiger partial charge in [0.2, 0.25) is 0 Å². The van der Waals surface area contributed by atoms with E-state index in [2.05, 4.69) is 11.6 Å². The predicted molar refractivity (Wildman–Crippen MR) is 68.9 cm³/mol. The van der Waals surface area contributed by atoms with Crippen molar-refractivity contribution in [1.29, 1.82) is 0 Å². The summed E-state index contributed by atoms with van der Waals surface area (Å²) in [7, 11) is 1.47. The quantitative estimate of drug-likeness (QED) is 0.812. The molecule has 0 fully saturated rings. The average Bonchev–Trinajstić information content (AvgIpc) is 2.39. The number of carbonyl (C=O) groups is 1. The first-order valence-corrected chi connectivity index (χ1v) is 5.32. The zero-order valence-corrected chi connectivity index (χ0v) is 10.7. The van der Waals surface area contributed by atoms with Crippen LogP contribution in [0.4, 0.5) is 0 Å². The van der Waals surface area contributed by atoms with Gasteiger partial charge < -0.3 is 15.4 Å². The molecule has 5 nitrogen and oxygen atoms in total. The van der Waals surface area contributed by atoms with Gasteiger partial charge in [0.05, 0.1) is 13.3 Å². The minimum Gasteiger partial charge on any atom is -0.493 e. The maximum atomic E-state index is 11.3. The Bertz CT molecular complexity index is 381. The van der Waals surface area contributed by atoms with E-state index in [1.807, 2.05) is 13.8 Å². The normalized spacial score (nSPS) is 16.5. The van der Waals surface area contributed by atoms with Gasteiger partial charge in [0, 0.05) is 19.3 Å². The third-order valence-electron chi connectivity index (χ3n) is 1.88. The van der Waals surface area contributed by atoms with Crippen LogP contribution in [0.2, 0.25) is 0 Å². The van der Waals surface area contributed by atoms with Crippen molar-refractivity contribution in [3.8, 4) is 0 Å². The third kappa shape index (κ3) is 3.48. The average molecular weight is 237 g/mol. The Morgan fingerprint density at radius 3 is 2.53 bits per heavy atom. The molecule has 0 spiro atoms. The second kappa shape index (κ2) is 7.27. The van der Waals surface area contributed by atoms with Crippen LogP contribution in [0.3, 0.4) is 0 Å². The van der Waals surface area contributed by atoms with Gasteiger partial charge in [0.25, 0.3) is 0 Å². The van der Waals surface area contributed by atoms with Crippen LogP contribution in [0.5, 0.6) is 0 Å². The Hall–Kier alpha value is -2.04. The largest absolute Gasteiger partial charge is 0.493 e. The first kappa shape index (κ1) is 15.0. The van der Waals surface area contributed by atoms with E-state index in [-0.39, 0.29) is 11.5 Å². The lowest BCUT2D eigenvalue weighted by Crippen LogP contribution is -2.24. The molecule has 0 saturated carbocycles. The Balaban J connectivity index is 0.00000121. The lowest BCUT2D eigenvalue weighted by Gasteiger charge is -2.22. The summed E-state index contributed by atoms with van der Waals surface area (Å²) >= 11 is 0. The molecule has 1 aliphatic rings. The molecule has 0 saturated heterocycles. The van der Waals surface area contributed by atoms with Crippen LogP contribution in [-0.4, -0.2) is 23.5 Å². The summed E-state index contributed by atoms with van der Waals surface area (Å²) in [5.41, 5.74) is 5.64. The molecule has 0 aromatic rings. The summed E-state index contributed by atoms with van der Waals surface area (Å²) in [5, 5.41) is 0. The highest BCUT2D eigenvalue weighted by atomic mass is 16.5. The van der Waals surface area contributed by atoms with Crippen molar-refractivity contribution in [2.24, 2.45) is 10.7 Å². The lowest BCUT2D eigenvalue weighted by molar-refractivity contribution is -0.111. The Labute approximate surface area is 102 Å². The van der Waals surface area contributed by atoms with Crippen LogP contribution in [0.15, 0.2) is 41.8 Å². The molecule has 5 heteroatoms. The summed E-state index contributed by atoms with van der Waals surface area (Å²) in [6.07, 6.45) is 4.43. The highest BCUT2D eigenvalue weighted by Crippen LogP contribution is 2.18. The van der Waals surface area contributed by atoms with Gasteiger partial charge in [0.15, 0.2) is 23.1 Å². The van der Waals surface area contributed by atoms with Crippen molar-refractivity contribution < 1.29 is 9.53 Å². The van der Waals surface area contributed by atoms with E-state index >= 15 is 0 Å². The number of hydrogen-bond donors (Lipinski definition) is 1. The van der Waals surface area contributed by atoms with Crippen molar-refractivity contribution in [2.75, 3.05) is 7.11 Å². The molecule has 94 valence electrons. The molecule has 0 aromatic carbocycles. The van der Waals surface area contributed by atoms with E-state index in [0.717, 1.165) is 0 Å². The second-order valence-corrected chi connectivity index (χ2v) is 2.83. The van der Waals surface area contributed by atoms with Gasteiger partial charge in [-0.1, -0.05) is 20.4 Å². The molecule has 0 unspecified atom stereocenters. The van der Waals surface area contributed by atoms with Gasteiger partial charge in [0.1, 0.15) is 0 Å². The van der Waals surface area contributed by atoms with Crippen LogP contribution in [0.1, 0.15) is 20.8 Å². The molecule has 2 N–H and O–H groups in total. The van der Waals surface area contributed by atoms with Crippen molar-refractivity contribution >= 4 is 11.5 Å². The number of carbonyl (C=O) groups excluding carboxylic acids is 1. The van der Waals surface area contributed by atoms with Crippen molar-refractivity contribution in [3.05, 3.63) is 36.8 Å². The second-order valence-electron chi connectivity index (χ2n) is 2.83. The van der Waals surface area contributed by atoms with E-state index < -0.39 is 0 Å². The van der Waals surface area contributed by atoms with Crippen LogP contribution in [-0.2, 0) is 9.53 Å². The van der Waals surface area contributed by atoms with Crippen molar-refractivity contribution in [2.45, 2.75) is 20.8 Å². The zero-order chi connectivity index (χ0) is 13.4. The van der Waals surface area contributed by atoms with E-state index in [9.17, 15) is 4.79 Å². The monoisotopic (exact) mass is 237 g/mol. The molecular formula is C12H19N3O2. The maximum Gasteiger partial charge on any atom is 0.182 e. The fourth-order valence-electron chi connectivity index (χ4n) is 1.15.